The first kappa shape index (κ1) is 31.3. The molecular formula is C13H25ClN2O10Pt. The van der Waals surface area contributed by atoms with Crippen molar-refractivity contribution in [3.8, 4) is 0 Å². The quantitative estimate of drug-likeness (QED) is 0.149. The van der Waals surface area contributed by atoms with Gasteiger partial charge in [0.25, 0.3) is 0 Å². The van der Waals surface area contributed by atoms with Gasteiger partial charge in [0.1, 0.15) is 24.4 Å². The Bertz CT molecular complexity index is 418. The maximum atomic E-state index is 10.8. The van der Waals surface area contributed by atoms with Crippen molar-refractivity contribution in [2.75, 3.05) is 27.3 Å². The Morgan fingerprint density at radius 3 is 1.85 bits per heavy atom. The van der Waals surface area contributed by atoms with E-state index in [4.69, 9.17) is 47.9 Å². The number of carboxylic acid groups (broad SMARTS) is 2. The molecule has 14 heteroatoms. The molecular weight excluding hydrogens is 575 g/mol. The molecule has 0 saturated carbocycles. The van der Waals surface area contributed by atoms with E-state index >= 15 is 0 Å². The molecule has 0 radical (unpaired) electrons. The molecule has 1 saturated heterocycles. The average molecular weight is 600 g/mol. The fourth-order valence-electron chi connectivity index (χ4n) is 1.83. The van der Waals surface area contributed by atoms with Crippen LogP contribution in [0.5, 0.6) is 0 Å². The number of halogens is 1. The molecule has 0 amide bonds. The number of alkyl halides is 1. The van der Waals surface area contributed by atoms with Gasteiger partial charge in [0.05, 0.1) is 13.2 Å². The number of ether oxygens (including phenoxy) is 2. The van der Waals surface area contributed by atoms with Crippen LogP contribution < -0.4 is 0 Å². The number of hydrogen-bond acceptors (Lipinski definition) is 8. The summed E-state index contributed by atoms with van der Waals surface area (Å²) in [6, 6.07) is 0. The van der Waals surface area contributed by atoms with Gasteiger partial charge in [0.2, 0.25) is 4.87 Å². The van der Waals surface area contributed by atoms with E-state index in [9.17, 15) is 24.9 Å². The van der Waals surface area contributed by atoms with Crippen molar-refractivity contribution < 1.29 is 70.8 Å². The number of rotatable bonds is 7. The van der Waals surface area contributed by atoms with Gasteiger partial charge in [0.15, 0.2) is 6.29 Å². The Balaban J connectivity index is -0.00000108. The van der Waals surface area contributed by atoms with Crippen LogP contribution in [0.25, 0.3) is 11.5 Å². The van der Waals surface area contributed by atoms with Crippen LogP contribution in [0.15, 0.2) is 0 Å². The molecule has 1 heterocycles. The molecule has 164 valence electrons. The predicted octanol–water partition coefficient (Wildman–Crippen LogP) is -1.33. The minimum Gasteiger partial charge on any atom is -0.680 e. The second kappa shape index (κ2) is 15.5. The van der Waals surface area contributed by atoms with E-state index in [0.29, 0.717) is 0 Å². The van der Waals surface area contributed by atoms with Crippen molar-refractivity contribution in [3.63, 3.8) is 0 Å². The summed E-state index contributed by atoms with van der Waals surface area (Å²) in [5.74, 6) is -3.56. The van der Waals surface area contributed by atoms with Gasteiger partial charge in [0, 0.05) is 6.42 Å². The zero-order valence-electron chi connectivity index (χ0n) is 14.5. The molecule has 0 aromatic rings. The van der Waals surface area contributed by atoms with E-state index < -0.39 is 67.2 Å². The Labute approximate surface area is 175 Å². The number of carbonyl (C=O) groups is 2. The third-order valence-electron chi connectivity index (χ3n) is 3.26. The molecule has 1 aliphatic rings. The van der Waals surface area contributed by atoms with Gasteiger partial charge < -0.3 is 51.6 Å². The van der Waals surface area contributed by atoms with Crippen LogP contribution in [0.4, 0.5) is 0 Å². The van der Waals surface area contributed by atoms with Crippen LogP contribution in [-0.2, 0) is 40.1 Å². The Morgan fingerprint density at radius 1 is 1.04 bits per heavy atom. The summed E-state index contributed by atoms with van der Waals surface area (Å²) in [7, 11) is 2.50. The molecule has 1 aliphatic heterocycles. The second-order valence-corrected chi connectivity index (χ2v) is 5.37. The van der Waals surface area contributed by atoms with Gasteiger partial charge in [-0.25, -0.2) is 9.59 Å². The molecule has 0 aromatic heterocycles. The minimum absolute atomic E-state index is 0. The number of nitrogens with one attached hydrogen (secondary N) is 2. The van der Waals surface area contributed by atoms with E-state index in [1.165, 1.54) is 14.1 Å². The van der Waals surface area contributed by atoms with Crippen molar-refractivity contribution in [1.82, 2.24) is 0 Å². The summed E-state index contributed by atoms with van der Waals surface area (Å²) < 4.78 is 9.97. The maximum Gasteiger partial charge on any atom is 2.00 e. The van der Waals surface area contributed by atoms with Crippen molar-refractivity contribution in [2.45, 2.75) is 42.0 Å². The first-order chi connectivity index (χ1) is 12.1. The summed E-state index contributed by atoms with van der Waals surface area (Å²) in [5.41, 5.74) is 11.5. The normalized spacial score (nSPS) is 27.1. The van der Waals surface area contributed by atoms with E-state index in [1.807, 2.05) is 0 Å². The third-order valence-corrected chi connectivity index (χ3v) is 3.77. The summed E-state index contributed by atoms with van der Waals surface area (Å²) in [4.78, 5) is 19.1. The fourth-order valence-corrected chi connectivity index (χ4v) is 1.90. The van der Waals surface area contributed by atoms with Crippen molar-refractivity contribution in [2.24, 2.45) is 0 Å². The molecule has 0 aromatic carbocycles. The molecule has 1 rings (SSSR count). The molecule has 0 bridgehead atoms. The van der Waals surface area contributed by atoms with Gasteiger partial charge in [-0.2, -0.15) is 14.1 Å². The van der Waals surface area contributed by atoms with Gasteiger partial charge in [-0.15, -0.1) is 0 Å². The maximum absolute atomic E-state index is 10.8. The SMILES string of the molecule is C[NH-].C[NH-].O=C(O)C(Cl)(CCOC1O[C@H](CO)[C@@H](O)[C@H](O)[C@H]1O)C(=O)O.[Pt+2]. The molecule has 8 N–H and O–H groups in total. The number of aliphatic hydroxyl groups excluding tert-OH is 4. The zero-order valence-corrected chi connectivity index (χ0v) is 17.5. The first-order valence-corrected chi connectivity index (χ1v) is 7.60. The Hall–Kier alpha value is -0.402. The van der Waals surface area contributed by atoms with Crippen LogP contribution in [-0.4, -0.2) is 105 Å². The van der Waals surface area contributed by atoms with Crippen LogP contribution in [0.2, 0.25) is 0 Å². The number of aliphatic hydroxyl groups is 4. The van der Waals surface area contributed by atoms with Gasteiger partial charge in [-0.3, -0.25) is 0 Å². The predicted molar refractivity (Wildman–Crippen MR) is 88.7 cm³/mol. The topological polar surface area (TPSA) is 222 Å². The number of hydrogen-bond donors (Lipinski definition) is 6. The molecule has 5 atom stereocenters. The van der Waals surface area contributed by atoms with E-state index in [0.717, 1.165) is 0 Å². The molecule has 0 aliphatic carbocycles. The van der Waals surface area contributed by atoms with Gasteiger partial charge in [-0.05, 0) is 0 Å². The van der Waals surface area contributed by atoms with E-state index in [-0.39, 0.29) is 21.1 Å². The molecule has 12 nitrogen and oxygen atoms in total. The van der Waals surface area contributed by atoms with Crippen LogP contribution in [0.3, 0.4) is 0 Å². The smallest absolute Gasteiger partial charge is 0.680 e. The van der Waals surface area contributed by atoms with Crippen LogP contribution in [0, 0.1) is 0 Å². The monoisotopic (exact) mass is 599 g/mol. The van der Waals surface area contributed by atoms with Crippen molar-refractivity contribution in [1.29, 1.82) is 0 Å². The number of aliphatic carboxylic acids is 2. The van der Waals surface area contributed by atoms with Crippen LogP contribution >= 0.6 is 11.6 Å². The van der Waals surface area contributed by atoms with Gasteiger partial charge in [-0.1, -0.05) is 11.6 Å². The molecule has 0 spiro atoms. The summed E-state index contributed by atoms with van der Waals surface area (Å²) >= 11 is 5.46. The summed E-state index contributed by atoms with van der Waals surface area (Å²) in [5, 5.41) is 55.3. The zero-order chi connectivity index (χ0) is 21.1. The third kappa shape index (κ3) is 8.65. The fraction of sp³-hybridized carbons (Fsp3) is 0.846. The minimum atomic E-state index is -2.60. The standard InChI is InChI=1S/C11H17ClO10.2CH4N.Pt/c12-11(9(17)18,10(19)20)1-2-21-8-7(16)6(15)5(14)4(3-13)22-8;2*1-2;/h4-8,13-16H,1-3H2,(H,17,18)(H,19,20);2*2H,1H3;/q;2*-1;+2/t4-,5-,6+,7-,8?;;;/m1.../s1. The van der Waals surface area contributed by atoms with E-state index in [1.54, 1.807) is 0 Å². The molecule has 1 fully saturated rings. The van der Waals surface area contributed by atoms with Crippen molar-refractivity contribution in [3.05, 3.63) is 11.5 Å². The molecule has 1 unspecified atom stereocenters. The second-order valence-electron chi connectivity index (χ2n) is 4.73. The van der Waals surface area contributed by atoms with Crippen molar-refractivity contribution >= 4 is 23.5 Å². The van der Waals surface area contributed by atoms with E-state index in [2.05, 4.69) is 0 Å². The Morgan fingerprint density at radius 2 is 1.48 bits per heavy atom. The Kier molecular flexibility index (Phi) is 18.0. The first-order valence-electron chi connectivity index (χ1n) is 7.23. The largest absolute Gasteiger partial charge is 2.00 e. The average Bonchev–Trinajstić information content (AvgIpc) is 2.64. The molecule has 27 heavy (non-hydrogen) atoms. The number of carboxylic acids is 2. The van der Waals surface area contributed by atoms with Gasteiger partial charge >= 0.3 is 33.0 Å². The van der Waals surface area contributed by atoms with Crippen LogP contribution in [0.1, 0.15) is 6.42 Å². The summed E-state index contributed by atoms with van der Waals surface area (Å²) in [6.07, 6.45) is -8.21. The summed E-state index contributed by atoms with van der Waals surface area (Å²) in [6.45, 7) is -1.18.